The van der Waals surface area contributed by atoms with Gasteiger partial charge in [0.25, 0.3) is 0 Å². The van der Waals surface area contributed by atoms with Crippen LogP contribution in [0, 0.1) is 5.92 Å². The number of nitrogens with zero attached hydrogens (tertiary/aromatic N) is 1. The summed E-state index contributed by atoms with van der Waals surface area (Å²) in [5, 5.41) is 0. The summed E-state index contributed by atoms with van der Waals surface area (Å²) in [6.07, 6.45) is 10.4. The Balaban J connectivity index is 2.04. The van der Waals surface area contributed by atoms with Crippen LogP contribution in [0.25, 0.3) is 0 Å². The molecule has 1 heterocycles. The minimum Gasteiger partial charge on any atom is -0.339 e. The van der Waals surface area contributed by atoms with E-state index in [0.29, 0.717) is 11.9 Å². The van der Waals surface area contributed by atoms with Gasteiger partial charge in [0.15, 0.2) is 0 Å². The molecule has 2 fully saturated rings. The second kappa shape index (κ2) is 6.55. The summed E-state index contributed by atoms with van der Waals surface area (Å²) in [6, 6.07) is 0.570. The molecule has 104 valence electrons. The SMILES string of the molecule is CCC1CCCCCN1C(=O)C1CCCCC1N. The molecule has 1 aliphatic heterocycles. The van der Waals surface area contributed by atoms with E-state index in [4.69, 9.17) is 5.73 Å². The van der Waals surface area contributed by atoms with Gasteiger partial charge in [-0.3, -0.25) is 4.79 Å². The molecule has 0 spiro atoms. The highest BCUT2D eigenvalue weighted by Gasteiger charge is 2.34. The maximum Gasteiger partial charge on any atom is 0.227 e. The van der Waals surface area contributed by atoms with Crippen LogP contribution < -0.4 is 5.73 Å². The van der Waals surface area contributed by atoms with Gasteiger partial charge < -0.3 is 10.6 Å². The molecule has 0 aromatic heterocycles. The molecule has 3 atom stereocenters. The summed E-state index contributed by atoms with van der Waals surface area (Å²) in [7, 11) is 0. The summed E-state index contributed by atoms with van der Waals surface area (Å²) < 4.78 is 0. The number of likely N-dealkylation sites (tertiary alicyclic amines) is 1. The summed E-state index contributed by atoms with van der Waals surface area (Å²) in [6.45, 7) is 3.16. The molecule has 1 saturated heterocycles. The molecule has 2 aliphatic rings. The summed E-state index contributed by atoms with van der Waals surface area (Å²) in [5.41, 5.74) is 6.17. The highest BCUT2D eigenvalue weighted by atomic mass is 16.2. The van der Waals surface area contributed by atoms with Crippen LogP contribution in [0.2, 0.25) is 0 Å². The predicted octanol–water partition coefficient (Wildman–Crippen LogP) is 2.69. The quantitative estimate of drug-likeness (QED) is 0.821. The van der Waals surface area contributed by atoms with Crippen molar-refractivity contribution in [2.45, 2.75) is 76.8 Å². The van der Waals surface area contributed by atoms with Gasteiger partial charge in [-0.15, -0.1) is 0 Å². The highest BCUT2D eigenvalue weighted by molar-refractivity contribution is 5.80. The number of hydrogen-bond donors (Lipinski definition) is 1. The van der Waals surface area contributed by atoms with Crippen molar-refractivity contribution in [3.8, 4) is 0 Å². The van der Waals surface area contributed by atoms with E-state index in [1.54, 1.807) is 0 Å². The van der Waals surface area contributed by atoms with Crippen LogP contribution in [0.15, 0.2) is 0 Å². The van der Waals surface area contributed by atoms with Gasteiger partial charge in [-0.05, 0) is 32.1 Å². The molecule has 18 heavy (non-hydrogen) atoms. The first-order valence-electron chi connectivity index (χ1n) is 7.80. The van der Waals surface area contributed by atoms with Gasteiger partial charge in [-0.1, -0.05) is 32.6 Å². The lowest BCUT2D eigenvalue weighted by Gasteiger charge is -2.36. The van der Waals surface area contributed by atoms with Crippen LogP contribution in [-0.4, -0.2) is 29.4 Å². The largest absolute Gasteiger partial charge is 0.339 e. The van der Waals surface area contributed by atoms with Gasteiger partial charge in [0, 0.05) is 18.6 Å². The van der Waals surface area contributed by atoms with E-state index in [-0.39, 0.29) is 12.0 Å². The monoisotopic (exact) mass is 252 g/mol. The first kappa shape index (κ1) is 13.9. The molecule has 2 N–H and O–H groups in total. The third-order valence-corrected chi connectivity index (χ3v) is 4.77. The Morgan fingerprint density at radius 2 is 1.83 bits per heavy atom. The van der Waals surface area contributed by atoms with E-state index in [2.05, 4.69) is 11.8 Å². The predicted molar refractivity (Wildman–Crippen MR) is 74.2 cm³/mol. The van der Waals surface area contributed by atoms with E-state index >= 15 is 0 Å². The summed E-state index contributed by atoms with van der Waals surface area (Å²) >= 11 is 0. The van der Waals surface area contributed by atoms with Crippen molar-refractivity contribution in [2.24, 2.45) is 11.7 Å². The van der Waals surface area contributed by atoms with Crippen molar-refractivity contribution in [2.75, 3.05) is 6.54 Å². The smallest absolute Gasteiger partial charge is 0.227 e. The van der Waals surface area contributed by atoms with Crippen LogP contribution >= 0.6 is 0 Å². The fraction of sp³-hybridized carbons (Fsp3) is 0.933. The molecule has 0 radical (unpaired) electrons. The van der Waals surface area contributed by atoms with Crippen molar-refractivity contribution in [1.82, 2.24) is 4.90 Å². The average Bonchev–Trinajstić information content (AvgIpc) is 2.63. The zero-order chi connectivity index (χ0) is 13.0. The molecule has 0 aromatic rings. The van der Waals surface area contributed by atoms with E-state index in [1.165, 1.54) is 38.5 Å². The average molecular weight is 252 g/mol. The molecule has 2 rings (SSSR count). The molecule has 3 nitrogen and oxygen atoms in total. The Labute approximate surface area is 111 Å². The third-order valence-electron chi connectivity index (χ3n) is 4.77. The molecule has 3 heteroatoms. The number of hydrogen-bond acceptors (Lipinski definition) is 2. The molecule has 1 aliphatic carbocycles. The van der Waals surface area contributed by atoms with Crippen LogP contribution in [0.1, 0.15) is 64.7 Å². The lowest BCUT2D eigenvalue weighted by molar-refractivity contribution is -0.139. The zero-order valence-corrected chi connectivity index (χ0v) is 11.7. The van der Waals surface area contributed by atoms with Crippen LogP contribution in [0.5, 0.6) is 0 Å². The lowest BCUT2D eigenvalue weighted by atomic mass is 9.83. The minimum absolute atomic E-state index is 0.103. The fourth-order valence-electron chi connectivity index (χ4n) is 3.57. The topological polar surface area (TPSA) is 46.3 Å². The van der Waals surface area contributed by atoms with Gasteiger partial charge in [-0.25, -0.2) is 0 Å². The van der Waals surface area contributed by atoms with Crippen LogP contribution in [0.4, 0.5) is 0 Å². The molecule has 1 amide bonds. The molecular formula is C15H28N2O. The maximum atomic E-state index is 12.7. The van der Waals surface area contributed by atoms with Crippen molar-refractivity contribution in [3.05, 3.63) is 0 Å². The van der Waals surface area contributed by atoms with E-state index in [0.717, 1.165) is 25.8 Å². The second-order valence-corrected chi connectivity index (χ2v) is 6.00. The first-order valence-corrected chi connectivity index (χ1v) is 7.80. The molecule has 3 unspecified atom stereocenters. The van der Waals surface area contributed by atoms with Gasteiger partial charge in [0.05, 0.1) is 5.92 Å². The van der Waals surface area contributed by atoms with Gasteiger partial charge in [0.2, 0.25) is 5.91 Å². The normalized spacial score (nSPS) is 34.1. The molecule has 0 bridgehead atoms. The number of carbonyl (C=O) groups is 1. The van der Waals surface area contributed by atoms with E-state index < -0.39 is 0 Å². The zero-order valence-electron chi connectivity index (χ0n) is 11.7. The van der Waals surface area contributed by atoms with Crippen molar-refractivity contribution in [1.29, 1.82) is 0 Å². The van der Waals surface area contributed by atoms with Crippen LogP contribution in [-0.2, 0) is 4.79 Å². The lowest BCUT2D eigenvalue weighted by Crippen LogP contribution is -2.49. The van der Waals surface area contributed by atoms with Crippen molar-refractivity contribution in [3.63, 3.8) is 0 Å². The number of nitrogens with two attached hydrogens (primary N) is 1. The highest BCUT2D eigenvalue weighted by Crippen LogP contribution is 2.28. The standard InChI is InChI=1S/C15H28N2O/c1-2-12-8-4-3-7-11-17(12)15(18)13-9-5-6-10-14(13)16/h12-14H,2-11,16H2,1H3. The maximum absolute atomic E-state index is 12.7. The Kier molecular flexibility index (Phi) is 5.04. The fourth-order valence-corrected chi connectivity index (χ4v) is 3.57. The second-order valence-electron chi connectivity index (χ2n) is 6.00. The Morgan fingerprint density at radius 1 is 1.11 bits per heavy atom. The van der Waals surface area contributed by atoms with Crippen LogP contribution in [0.3, 0.4) is 0 Å². The molecule has 1 saturated carbocycles. The van der Waals surface area contributed by atoms with Gasteiger partial charge >= 0.3 is 0 Å². The number of amides is 1. The third kappa shape index (κ3) is 3.05. The number of carbonyl (C=O) groups excluding carboxylic acids is 1. The summed E-state index contributed by atoms with van der Waals surface area (Å²) in [5.74, 6) is 0.460. The Morgan fingerprint density at radius 3 is 2.56 bits per heavy atom. The van der Waals surface area contributed by atoms with Crippen molar-refractivity contribution >= 4 is 5.91 Å². The first-order chi connectivity index (χ1) is 8.74. The molecule has 0 aromatic carbocycles. The molecular weight excluding hydrogens is 224 g/mol. The number of rotatable bonds is 2. The van der Waals surface area contributed by atoms with Gasteiger partial charge in [0.1, 0.15) is 0 Å². The minimum atomic E-state index is 0.103. The summed E-state index contributed by atoms with van der Waals surface area (Å²) in [4.78, 5) is 14.9. The van der Waals surface area contributed by atoms with Gasteiger partial charge in [-0.2, -0.15) is 0 Å². The van der Waals surface area contributed by atoms with Crippen molar-refractivity contribution < 1.29 is 4.79 Å². The van der Waals surface area contributed by atoms with E-state index in [9.17, 15) is 4.79 Å². The Bertz CT molecular complexity index is 280. The Hall–Kier alpha value is -0.570. The van der Waals surface area contributed by atoms with E-state index in [1.807, 2.05) is 0 Å².